The van der Waals surface area contributed by atoms with Crippen LogP contribution in [0.1, 0.15) is 10.4 Å². The minimum Gasteiger partial charge on any atom is -0.497 e. The van der Waals surface area contributed by atoms with Gasteiger partial charge in [-0.15, -0.1) is 0 Å². The average Bonchev–Trinajstić information content (AvgIpc) is 3.28. The molecule has 2 aliphatic rings. The number of benzene rings is 1. The van der Waals surface area contributed by atoms with Crippen molar-refractivity contribution in [3.63, 3.8) is 0 Å². The van der Waals surface area contributed by atoms with Gasteiger partial charge in [-0.3, -0.25) is 4.79 Å². The first-order valence-electron chi connectivity index (χ1n) is 7.04. The molecule has 2 nitrogen and oxygen atoms in total. The molecule has 0 bridgehead atoms. The third-order valence-electron chi connectivity index (χ3n) is 3.05. The first-order chi connectivity index (χ1) is 10.8. The molecule has 0 amide bonds. The van der Waals surface area contributed by atoms with E-state index in [0.717, 1.165) is 11.3 Å². The van der Waals surface area contributed by atoms with Gasteiger partial charge in [-0.1, -0.05) is 48.6 Å². The molecule has 0 aromatic heterocycles. The molecule has 0 N–H and O–H groups in total. The van der Waals surface area contributed by atoms with E-state index in [4.69, 9.17) is 4.74 Å². The van der Waals surface area contributed by atoms with Crippen LogP contribution in [0.2, 0.25) is 0 Å². The summed E-state index contributed by atoms with van der Waals surface area (Å²) < 4.78 is 5.04. The van der Waals surface area contributed by atoms with Gasteiger partial charge >= 0.3 is 0 Å². The second kappa shape index (κ2) is 10.6. The number of hydrogen-bond donors (Lipinski definition) is 0. The summed E-state index contributed by atoms with van der Waals surface area (Å²) in [5, 5.41) is 0. The van der Waals surface area contributed by atoms with Crippen LogP contribution in [0.4, 0.5) is 0 Å². The monoisotopic (exact) mass is 346 g/mol. The van der Waals surface area contributed by atoms with E-state index in [0.29, 0.717) is 5.56 Å². The zero-order valence-corrected chi connectivity index (χ0v) is 13.9. The number of allylic oxidation sites excluding steroid dienone is 10. The molecular weight excluding hydrogens is 328 g/mol. The maximum absolute atomic E-state index is 11.8. The van der Waals surface area contributed by atoms with Crippen molar-refractivity contribution < 1.29 is 26.6 Å². The third kappa shape index (κ3) is 6.68. The number of rotatable bonds is 4. The summed E-state index contributed by atoms with van der Waals surface area (Å²) in [5.74, 6) is 0.746. The van der Waals surface area contributed by atoms with Crippen molar-refractivity contribution in [3.05, 3.63) is 103 Å². The van der Waals surface area contributed by atoms with Crippen LogP contribution in [0.25, 0.3) is 0 Å². The van der Waals surface area contributed by atoms with Gasteiger partial charge < -0.3 is 4.74 Å². The smallest absolute Gasteiger partial charge is 0.185 e. The summed E-state index contributed by atoms with van der Waals surface area (Å²) in [6.07, 6.45) is 21.2. The van der Waals surface area contributed by atoms with Gasteiger partial charge in [0, 0.05) is 35.5 Å². The van der Waals surface area contributed by atoms with Crippen LogP contribution in [-0.4, -0.2) is 12.9 Å². The van der Waals surface area contributed by atoms with Crippen LogP contribution in [0.5, 0.6) is 5.75 Å². The van der Waals surface area contributed by atoms with Gasteiger partial charge in [-0.25, -0.2) is 0 Å². The molecule has 0 saturated heterocycles. The minimum absolute atomic E-state index is 0. The van der Waals surface area contributed by atoms with Crippen LogP contribution in [-0.2, 0) is 17.1 Å². The molecular formula is C20H18FeO2. The zero-order valence-electron chi connectivity index (χ0n) is 12.8. The molecule has 3 rings (SSSR count). The molecule has 0 unspecified atom stereocenters. The predicted molar refractivity (Wildman–Crippen MR) is 90.6 cm³/mol. The summed E-state index contributed by atoms with van der Waals surface area (Å²) in [4.78, 5) is 11.8. The van der Waals surface area contributed by atoms with Crippen molar-refractivity contribution in [2.75, 3.05) is 7.11 Å². The van der Waals surface area contributed by atoms with Crippen LogP contribution in [0.3, 0.4) is 0 Å². The Bertz CT molecular complexity index is 637. The first kappa shape index (κ1) is 19.0. The van der Waals surface area contributed by atoms with E-state index in [1.165, 1.54) is 0 Å². The topological polar surface area (TPSA) is 26.3 Å². The Balaban J connectivity index is 0.000000377. The van der Waals surface area contributed by atoms with Crippen LogP contribution >= 0.6 is 0 Å². The SMILES string of the molecule is COc1ccc(C(=O)/C=C/C2=CC=C[CH]2)cc1.[CH]1C=CC=C1.[Fe]. The van der Waals surface area contributed by atoms with E-state index in [-0.39, 0.29) is 22.9 Å². The van der Waals surface area contributed by atoms with Crippen molar-refractivity contribution in [3.8, 4) is 5.75 Å². The molecule has 0 fully saturated rings. The molecule has 3 heteroatoms. The molecule has 2 radical (unpaired) electrons. The Morgan fingerprint density at radius 3 is 2.13 bits per heavy atom. The number of ether oxygens (including phenoxy) is 1. The number of ketones is 1. The summed E-state index contributed by atoms with van der Waals surface area (Å²) >= 11 is 0. The number of carbonyl (C=O) groups excluding carboxylic acids is 1. The molecule has 118 valence electrons. The average molecular weight is 346 g/mol. The summed E-state index contributed by atoms with van der Waals surface area (Å²) in [7, 11) is 1.60. The second-order valence-corrected chi connectivity index (χ2v) is 4.61. The molecule has 0 spiro atoms. The van der Waals surface area contributed by atoms with Gasteiger partial charge in [0.05, 0.1) is 7.11 Å². The summed E-state index contributed by atoms with van der Waals surface area (Å²) in [6.45, 7) is 0. The molecule has 1 aromatic carbocycles. The minimum atomic E-state index is -0.00569. The molecule has 0 heterocycles. The molecule has 0 atom stereocenters. The van der Waals surface area contributed by atoms with Crippen LogP contribution in [0.15, 0.2) is 84.5 Å². The molecule has 2 aliphatic carbocycles. The molecule has 1 aromatic rings. The largest absolute Gasteiger partial charge is 0.497 e. The Labute approximate surface area is 148 Å². The summed E-state index contributed by atoms with van der Waals surface area (Å²) in [5.41, 5.74) is 1.69. The van der Waals surface area contributed by atoms with Crippen molar-refractivity contribution in [2.24, 2.45) is 0 Å². The van der Waals surface area contributed by atoms with Crippen molar-refractivity contribution in [1.29, 1.82) is 0 Å². The van der Waals surface area contributed by atoms with Gasteiger partial charge in [-0.2, -0.15) is 0 Å². The van der Waals surface area contributed by atoms with Gasteiger partial charge in [-0.05, 0) is 35.9 Å². The van der Waals surface area contributed by atoms with Crippen LogP contribution < -0.4 is 4.74 Å². The maximum Gasteiger partial charge on any atom is 0.185 e. The fourth-order valence-corrected chi connectivity index (χ4v) is 1.84. The Kier molecular flexibility index (Phi) is 8.74. The van der Waals surface area contributed by atoms with E-state index >= 15 is 0 Å². The standard InChI is InChI=1S/C15H13O2.C5H5.Fe/c1-17-14-9-7-13(8-10-14)15(16)11-6-12-4-2-3-5-12;1-2-4-5-3-1;/h2-11H,1H3;1-5H;/b11-6+;;. The van der Waals surface area contributed by atoms with E-state index in [1.807, 2.05) is 61.4 Å². The van der Waals surface area contributed by atoms with Gasteiger partial charge in [0.1, 0.15) is 5.75 Å². The number of carbonyl (C=O) groups is 1. The molecule has 0 aliphatic heterocycles. The Morgan fingerprint density at radius 1 is 0.957 bits per heavy atom. The molecule has 0 saturated carbocycles. The van der Waals surface area contributed by atoms with Gasteiger partial charge in [0.15, 0.2) is 5.78 Å². The van der Waals surface area contributed by atoms with E-state index in [9.17, 15) is 4.79 Å². The van der Waals surface area contributed by atoms with Crippen molar-refractivity contribution in [2.45, 2.75) is 0 Å². The number of methoxy groups -OCH3 is 1. The van der Waals surface area contributed by atoms with Crippen molar-refractivity contribution >= 4 is 5.78 Å². The molecule has 23 heavy (non-hydrogen) atoms. The Morgan fingerprint density at radius 2 is 1.65 bits per heavy atom. The second-order valence-electron chi connectivity index (χ2n) is 4.61. The number of hydrogen-bond acceptors (Lipinski definition) is 2. The van der Waals surface area contributed by atoms with Crippen molar-refractivity contribution in [1.82, 2.24) is 0 Å². The zero-order chi connectivity index (χ0) is 15.6. The van der Waals surface area contributed by atoms with Crippen LogP contribution in [0, 0.1) is 12.8 Å². The van der Waals surface area contributed by atoms with E-state index in [2.05, 4.69) is 0 Å². The Hall–Kier alpha value is -2.09. The van der Waals surface area contributed by atoms with Gasteiger partial charge in [0.2, 0.25) is 0 Å². The van der Waals surface area contributed by atoms with Gasteiger partial charge in [0.25, 0.3) is 0 Å². The maximum atomic E-state index is 11.8. The summed E-state index contributed by atoms with van der Waals surface area (Å²) in [6, 6.07) is 7.08. The third-order valence-corrected chi connectivity index (χ3v) is 3.05. The first-order valence-corrected chi connectivity index (χ1v) is 7.04. The fraction of sp³-hybridized carbons (Fsp3) is 0.0500. The van der Waals surface area contributed by atoms with E-state index in [1.54, 1.807) is 37.5 Å². The van der Waals surface area contributed by atoms with E-state index < -0.39 is 0 Å². The normalized spacial score (nSPS) is 14.2. The predicted octanol–water partition coefficient (Wildman–Crippen LogP) is 4.45. The quantitative estimate of drug-likeness (QED) is 0.457. The fourth-order valence-electron chi connectivity index (χ4n) is 1.84.